The molecule has 7 heteroatoms. The van der Waals surface area contributed by atoms with Crippen LogP contribution in [-0.4, -0.2) is 27.9 Å². The van der Waals surface area contributed by atoms with Gasteiger partial charge in [-0.1, -0.05) is 182 Å². The van der Waals surface area contributed by atoms with Crippen LogP contribution in [-0.2, 0) is 0 Å². The van der Waals surface area contributed by atoms with Gasteiger partial charge in [0.05, 0.1) is 49.7 Å². The normalized spacial score (nSPS) is 11.7. The number of aromatic nitrogens is 6. The molecule has 354 valence electrons. The first-order valence-corrected chi connectivity index (χ1v) is 25.5. The standard InChI is InChI=1S/C69H43N7/c70-44-57-66(51-31-35-58-62(41-51)75-64-39-49(45-19-7-1-8-20-45)33-37-60(64)73(68(75)71-58)53-27-15-5-16-28-53)55(47-23-11-3-12-24-47)43-56(48-25-13-4-14-26-48)67(57)52-32-36-59-63(42-52)76-65-40-50(46-21-9-2-10-22-46)34-38-61(65)74(69(76)72-59)54-29-17-6-18-30-54/h1-43H. The number of benzene rings is 11. The summed E-state index contributed by atoms with van der Waals surface area (Å²) in [4.78, 5) is 10.7. The number of imidazole rings is 4. The van der Waals surface area contributed by atoms with Crippen LogP contribution in [0.15, 0.2) is 261 Å². The van der Waals surface area contributed by atoms with Crippen molar-refractivity contribution < 1.29 is 0 Å². The molecule has 0 N–H and O–H groups in total. The molecule has 4 aromatic heterocycles. The Kier molecular flexibility index (Phi) is 9.81. The van der Waals surface area contributed by atoms with Gasteiger partial charge in [-0.3, -0.25) is 17.9 Å². The van der Waals surface area contributed by atoms with Crippen molar-refractivity contribution in [1.29, 1.82) is 5.26 Å². The maximum Gasteiger partial charge on any atom is 0.220 e. The Morgan fingerprint density at radius 2 is 0.632 bits per heavy atom. The molecular formula is C69H43N7. The van der Waals surface area contributed by atoms with E-state index in [1.54, 1.807) is 0 Å². The van der Waals surface area contributed by atoms with E-state index < -0.39 is 0 Å². The third-order valence-corrected chi connectivity index (χ3v) is 15.0. The highest BCUT2D eigenvalue weighted by Crippen LogP contribution is 2.47. The molecule has 0 aliphatic rings. The largest absolute Gasteiger partial charge is 0.278 e. The minimum absolute atomic E-state index is 0.580. The highest BCUT2D eigenvalue weighted by molar-refractivity contribution is 6.04. The fourth-order valence-electron chi connectivity index (χ4n) is 11.6. The van der Waals surface area contributed by atoms with Crippen molar-refractivity contribution in [3.8, 4) is 84.2 Å². The predicted octanol–water partition coefficient (Wildman–Crippen LogP) is 17.0. The summed E-state index contributed by atoms with van der Waals surface area (Å²) in [6.45, 7) is 0. The zero-order valence-electron chi connectivity index (χ0n) is 41.0. The molecule has 76 heavy (non-hydrogen) atoms. The van der Waals surface area contributed by atoms with Crippen LogP contribution in [0.3, 0.4) is 0 Å². The quantitative estimate of drug-likeness (QED) is 0.152. The summed E-state index contributed by atoms with van der Waals surface area (Å²) < 4.78 is 9.07. The number of para-hydroxylation sites is 2. The van der Waals surface area contributed by atoms with Crippen LogP contribution in [0.4, 0.5) is 0 Å². The molecule has 15 rings (SSSR count). The highest BCUT2D eigenvalue weighted by atomic mass is 15.2. The topological polar surface area (TPSA) is 68.2 Å². The molecule has 0 aliphatic carbocycles. The number of hydrogen-bond donors (Lipinski definition) is 0. The maximum atomic E-state index is 12.0. The fraction of sp³-hybridized carbons (Fsp3) is 0. The Labute approximate surface area is 437 Å². The van der Waals surface area contributed by atoms with Crippen molar-refractivity contribution in [2.75, 3.05) is 0 Å². The van der Waals surface area contributed by atoms with Crippen LogP contribution in [0.25, 0.3) is 134 Å². The molecule has 0 saturated carbocycles. The van der Waals surface area contributed by atoms with Crippen LogP contribution in [0.2, 0.25) is 0 Å². The zero-order chi connectivity index (χ0) is 50.3. The lowest BCUT2D eigenvalue weighted by atomic mass is 9.81. The minimum atomic E-state index is 0.580. The van der Waals surface area contributed by atoms with Crippen LogP contribution in [0.1, 0.15) is 5.56 Å². The number of nitriles is 1. The Morgan fingerprint density at radius 3 is 1.01 bits per heavy atom. The van der Waals surface area contributed by atoms with Crippen molar-refractivity contribution in [2.45, 2.75) is 0 Å². The van der Waals surface area contributed by atoms with Gasteiger partial charge in [-0.05, 0) is 134 Å². The van der Waals surface area contributed by atoms with Gasteiger partial charge in [-0.25, -0.2) is 9.97 Å². The SMILES string of the molecule is N#Cc1c(-c2ccc3nc4n(-c5ccccc5)c5ccc(-c6ccccc6)cc5n4c3c2)c(-c2ccccc2)cc(-c2ccccc2)c1-c1ccc2nc3n(-c4ccccc4)c4ccc(-c5ccccc5)cc4n3c2c1. The van der Waals surface area contributed by atoms with Gasteiger partial charge in [-0.2, -0.15) is 5.26 Å². The van der Waals surface area contributed by atoms with E-state index in [-0.39, 0.29) is 0 Å². The molecule has 4 heterocycles. The summed E-state index contributed by atoms with van der Waals surface area (Å²) in [6.07, 6.45) is 0. The van der Waals surface area contributed by atoms with E-state index in [0.29, 0.717) is 5.56 Å². The lowest BCUT2D eigenvalue weighted by molar-refractivity contribution is 1.11. The molecule has 0 radical (unpaired) electrons. The fourth-order valence-corrected chi connectivity index (χ4v) is 11.6. The summed E-state index contributed by atoms with van der Waals surface area (Å²) in [5.74, 6) is 1.62. The van der Waals surface area contributed by atoms with Gasteiger partial charge in [0.15, 0.2) is 0 Å². The van der Waals surface area contributed by atoms with Crippen molar-refractivity contribution in [3.63, 3.8) is 0 Å². The third kappa shape index (κ3) is 6.75. The molecule has 0 unspecified atom stereocenters. The summed E-state index contributed by atoms with van der Waals surface area (Å²) in [6, 6.07) is 94.3. The number of nitrogens with zero attached hydrogens (tertiary/aromatic N) is 7. The lowest BCUT2D eigenvalue weighted by Crippen LogP contribution is -1.98. The summed E-state index contributed by atoms with van der Waals surface area (Å²) in [5.41, 5.74) is 22.4. The van der Waals surface area contributed by atoms with E-state index in [2.05, 4.69) is 261 Å². The van der Waals surface area contributed by atoms with E-state index in [4.69, 9.17) is 9.97 Å². The smallest absolute Gasteiger partial charge is 0.220 e. The molecule has 15 aromatic rings. The molecule has 0 aliphatic heterocycles. The Bertz CT molecular complexity index is 4480. The van der Waals surface area contributed by atoms with Gasteiger partial charge in [0, 0.05) is 22.5 Å². The third-order valence-electron chi connectivity index (χ3n) is 15.0. The van der Waals surface area contributed by atoms with Crippen LogP contribution in [0, 0.1) is 11.3 Å². The predicted molar refractivity (Wildman–Crippen MR) is 310 cm³/mol. The molecule has 0 saturated heterocycles. The molecular weight excluding hydrogens is 927 g/mol. The van der Waals surface area contributed by atoms with E-state index in [1.807, 2.05) is 24.3 Å². The van der Waals surface area contributed by atoms with Crippen LogP contribution in [0.5, 0.6) is 0 Å². The van der Waals surface area contributed by atoms with Gasteiger partial charge < -0.3 is 0 Å². The lowest BCUT2D eigenvalue weighted by Gasteiger charge is -2.21. The number of fused-ring (bicyclic) bond motifs is 10. The molecule has 0 atom stereocenters. The van der Waals surface area contributed by atoms with Crippen LogP contribution < -0.4 is 0 Å². The first-order chi connectivity index (χ1) is 37.7. The van der Waals surface area contributed by atoms with Crippen LogP contribution >= 0.6 is 0 Å². The monoisotopic (exact) mass is 969 g/mol. The summed E-state index contributed by atoms with van der Waals surface area (Å²) >= 11 is 0. The van der Waals surface area contributed by atoms with Gasteiger partial charge in [0.25, 0.3) is 0 Å². The molecule has 0 amide bonds. The second-order valence-corrected chi connectivity index (χ2v) is 19.3. The molecule has 7 nitrogen and oxygen atoms in total. The average Bonchev–Trinajstić information content (AvgIpc) is 4.28. The van der Waals surface area contributed by atoms with E-state index in [1.165, 1.54) is 0 Å². The van der Waals surface area contributed by atoms with Crippen molar-refractivity contribution in [3.05, 3.63) is 266 Å². The Hall–Kier alpha value is -10.6. The van der Waals surface area contributed by atoms with Crippen molar-refractivity contribution in [1.82, 2.24) is 27.9 Å². The van der Waals surface area contributed by atoms with Crippen molar-refractivity contribution in [2.24, 2.45) is 0 Å². The van der Waals surface area contributed by atoms with Gasteiger partial charge in [0.2, 0.25) is 11.6 Å². The minimum Gasteiger partial charge on any atom is -0.278 e. The highest BCUT2D eigenvalue weighted by Gasteiger charge is 2.26. The number of rotatable bonds is 8. The van der Waals surface area contributed by atoms with E-state index in [9.17, 15) is 5.26 Å². The van der Waals surface area contributed by atoms with Gasteiger partial charge in [-0.15, -0.1) is 0 Å². The van der Waals surface area contributed by atoms with E-state index >= 15 is 0 Å². The summed E-state index contributed by atoms with van der Waals surface area (Å²) in [7, 11) is 0. The second-order valence-electron chi connectivity index (χ2n) is 19.3. The Balaban J connectivity index is 1.02. The molecule has 0 spiro atoms. The second kappa shape index (κ2) is 17.3. The first-order valence-electron chi connectivity index (χ1n) is 25.5. The van der Waals surface area contributed by atoms with Gasteiger partial charge in [0.1, 0.15) is 6.07 Å². The maximum absolute atomic E-state index is 12.0. The average molecular weight is 970 g/mol. The van der Waals surface area contributed by atoms with Crippen molar-refractivity contribution >= 4 is 55.7 Å². The molecule has 0 fully saturated rings. The summed E-state index contributed by atoms with van der Waals surface area (Å²) in [5, 5.41) is 12.0. The first kappa shape index (κ1) is 43.1. The molecule has 0 bridgehead atoms. The van der Waals surface area contributed by atoms with E-state index in [0.717, 1.165) is 134 Å². The Morgan fingerprint density at radius 1 is 0.289 bits per heavy atom. The van der Waals surface area contributed by atoms with Gasteiger partial charge >= 0.3 is 0 Å². The number of hydrogen-bond acceptors (Lipinski definition) is 3. The zero-order valence-corrected chi connectivity index (χ0v) is 41.0. The molecule has 11 aromatic carbocycles.